The molecule has 0 saturated heterocycles. The first kappa shape index (κ1) is 39.0. The number of nitrogens with two attached hydrogens (primary N) is 2. The summed E-state index contributed by atoms with van der Waals surface area (Å²) in [6.07, 6.45) is 7.71. The number of benzene rings is 1. The second-order valence-corrected chi connectivity index (χ2v) is 10.6. The molecule has 0 bridgehead atoms. The van der Waals surface area contributed by atoms with Crippen molar-refractivity contribution in [3.63, 3.8) is 0 Å². The van der Waals surface area contributed by atoms with Crippen molar-refractivity contribution in [2.45, 2.75) is 80.6 Å². The number of aliphatic imine (C=N–C) groups is 1. The van der Waals surface area contributed by atoms with Gasteiger partial charge in [0.25, 0.3) is 0 Å². The first-order valence-electron chi connectivity index (χ1n) is 15.5. The molecule has 7 heteroatoms. The van der Waals surface area contributed by atoms with Crippen molar-refractivity contribution in [3.8, 4) is 0 Å². The highest BCUT2D eigenvalue weighted by Crippen LogP contribution is 2.25. The number of methoxy groups -OCH3 is 1. The summed E-state index contributed by atoms with van der Waals surface area (Å²) < 4.78 is 11.2. The van der Waals surface area contributed by atoms with Gasteiger partial charge in [0.2, 0.25) is 0 Å². The van der Waals surface area contributed by atoms with Gasteiger partial charge in [-0.2, -0.15) is 0 Å². The number of pyridine rings is 1. The topological polar surface area (TPSA) is 108 Å². The highest BCUT2D eigenvalue weighted by molar-refractivity contribution is 6.08. The maximum absolute atomic E-state index is 6.35. The fourth-order valence-electron chi connectivity index (χ4n) is 4.03. The lowest BCUT2D eigenvalue weighted by molar-refractivity contribution is 0.135. The van der Waals surface area contributed by atoms with Gasteiger partial charge in [-0.05, 0) is 61.1 Å². The minimum Gasteiger partial charge on any atom is -0.397 e. The van der Waals surface area contributed by atoms with Crippen LogP contribution in [0.25, 0.3) is 5.70 Å². The third kappa shape index (κ3) is 14.8. The number of anilines is 1. The minimum absolute atomic E-state index is 0.0780. The molecule has 0 aliphatic rings. The number of rotatable bonds is 15. The fourth-order valence-corrected chi connectivity index (χ4v) is 4.03. The SMILES string of the molecule is CC.CC.COCC(C)(C)c1ccc(NC(=NCCOCCCC(C)C)/C(=C/C=C(\N)c2ncccc2C)CN)cc1. The van der Waals surface area contributed by atoms with Gasteiger partial charge in [-0.1, -0.05) is 79.7 Å². The summed E-state index contributed by atoms with van der Waals surface area (Å²) in [6, 6.07) is 12.2. The van der Waals surface area contributed by atoms with Crippen LogP contribution >= 0.6 is 0 Å². The van der Waals surface area contributed by atoms with Crippen molar-refractivity contribution in [2.24, 2.45) is 22.4 Å². The van der Waals surface area contributed by atoms with Crippen LogP contribution in [-0.2, 0) is 14.9 Å². The number of nitrogens with zero attached hydrogens (tertiary/aromatic N) is 2. The number of nitrogens with one attached hydrogen (secondary N) is 1. The van der Waals surface area contributed by atoms with Crippen LogP contribution in [0.2, 0.25) is 0 Å². The summed E-state index contributed by atoms with van der Waals surface area (Å²) in [6.45, 7) is 21.5. The van der Waals surface area contributed by atoms with E-state index >= 15 is 0 Å². The molecular weight excluding hydrogens is 522 g/mol. The average molecular weight is 582 g/mol. The highest BCUT2D eigenvalue weighted by Gasteiger charge is 2.20. The van der Waals surface area contributed by atoms with Crippen molar-refractivity contribution in [1.82, 2.24) is 4.98 Å². The summed E-state index contributed by atoms with van der Waals surface area (Å²) in [5.41, 5.74) is 17.8. The second kappa shape index (κ2) is 22.6. The van der Waals surface area contributed by atoms with Gasteiger partial charge in [0.15, 0.2) is 0 Å². The molecule has 0 saturated carbocycles. The molecule has 0 aliphatic carbocycles. The minimum atomic E-state index is -0.0780. The molecule has 0 atom stereocenters. The van der Waals surface area contributed by atoms with Crippen LogP contribution in [-0.4, -0.2) is 50.8 Å². The van der Waals surface area contributed by atoms with E-state index in [9.17, 15) is 0 Å². The van der Waals surface area contributed by atoms with Gasteiger partial charge in [-0.15, -0.1) is 0 Å². The zero-order chi connectivity index (χ0) is 32.0. The number of aryl methyl sites for hydroxylation is 1. The molecular formula is C35H59N5O2. The molecule has 1 aromatic carbocycles. The number of allylic oxidation sites excluding steroid dienone is 2. The molecule has 5 N–H and O–H groups in total. The molecule has 1 heterocycles. The number of hydrogen-bond donors (Lipinski definition) is 3. The maximum atomic E-state index is 6.35. The van der Waals surface area contributed by atoms with E-state index in [0.29, 0.717) is 43.8 Å². The standard InChI is InChI=1S/C31H47N5O2.2C2H6/c1-23(2)9-8-19-38-20-18-35-30(36-27-14-12-26(13-15-27)31(4,5)22-37-6)25(21-32)11-16-28(33)29-24(3)10-7-17-34-29;2*1-2/h7,10-17,23H,8-9,18-22,32-33H2,1-6H3,(H,35,36);2*1-2H3/b25-11+,28-16-;;. The van der Waals surface area contributed by atoms with Crippen LogP contribution in [0, 0.1) is 12.8 Å². The molecule has 2 aromatic rings. The Bertz CT molecular complexity index is 1070. The Morgan fingerprint density at radius 2 is 1.71 bits per heavy atom. The Hall–Kier alpha value is -3.00. The average Bonchev–Trinajstić information content (AvgIpc) is 2.99. The lowest BCUT2D eigenvalue weighted by Crippen LogP contribution is -2.24. The molecule has 236 valence electrons. The third-order valence-electron chi connectivity index (χ3n) is 6.28. The fraction of sp³-hybridized carbons (Fsp3) is 0.543. The first-order valence-corrected chi connectivity index (χ1v) is 15.5. The van der Waals surface area contributed by atoms with E-state index in [0.717, 1.165) is 42.0 Å². The van der Waals surface area contributed by atoms with E-state index in [1.54, 1.807) is 13.3 Å². The first-order chi connectivity index (χ1) is 20.2. The third-order valence-corrected chi connectivity index (χ3v) is 6.28. The van der Waals surface area contributed by atoms with E-state index in [1.165, 1.54) is 5.56 Å². The summed E-state index contributed by atoms with van der Waals surface area (Å²) in [4.78, 5) is 9.22. The maximum Gasteiger partial charge on any atom is 0.129 e. The van der Waals surface area contributed by atoms with Crippen LogP contribution < -0.4 is 16.8 Å². The molecule has 1 aromatic heterocycles. The zero-order valence-corrected chi connectivity index (χ0v) is 28.1. The van der Waals surface area contributed by atoms with Crippen molar-refractivity contribution in [1.29, 1.82) is 0 Å². The molecule has 0 amide bonds. The molecule has 0 fully saturated rings. The summed E-state index contributed by atoms with van der Waals surface area (Å²) in [5.74, 6) is 1.38. The number of amidine groups is 1. The second-order valence-electron chi connectivity index (χ2n) is 10.6. The summed E-state index contributed by atoms with van der Waals surface area (Å²) >= 11 is 0. The van der Waals surface area contributed by atoms with Crippen molar-refractivity contribution in [3.05, 3.63) is 77.1 Å². The monoisotopic (exact) mass is 581 g/mol. The molecule has 7 nitrogen and oxygen atoms in total. The molecule has 0 unspecified atom stereocenters. The molecule has 0 radical (unpaired) electrons. The Labute approximate surface area is 256 Å². The number of hydrogen-bond acceptors (Lipinski definition) is 6. The van der Waals surface area contributed by atoms with Gasteiger partial charge in [-0.25, -0.2) is 0 Å². The summed E-state index contributed by atoms with van der Waals surface area (Å²) in [5, 5.41) is 3.46. The van der Waals surface area contributed by atoms with Crippen molar-refractivity contribution < 1.29 is 9.47 Å². The van der Waals surface area contributed by atoms with Crippen LogP contribution in [0.15, 0.2) is 65.3 Å². The summed E-state index contributed by atoms with van der Waals surface area (Å²) in [7, 11) is 1.73. The molecule has 0 spiro atoms. The normalized spacial score (nSPS) is 12.3. The van der Waals surface area contributed by atoms with E-state index in [2.05, 4.69) is 62.3 Å². The van der Waals surface area contributed by atoms with Gasteiger partial charge in [-0.3, -0.25) is 9.98 Å². The lowest BCUT2D eigenvalue weighted by Gasteiger charge is -2.24. The van der Waals surface area contributed by atoms with Gasteiger partial charge in [0, 0.05) is 43.1 Å². The number of ether oxygens (including phenoxy) is 2. The number of aromatic nitrogens is 1. The van der Waals surface area contributed by atoms with Crippen LogP contribution in [0.3, 0.4) is 0 Å². The van der Waals surface area contributed by atoms with Crippen molar-refractivity contribution >= 4 is 17.2 Å². The predicted octanol–water partition coefficient (Wildman–Crippen LogP) is 7.51. The van der Waals surface area contributed by atoms with Gasteiger partial charge in [0.1, 0.15) is 5.84 Å². The highest BCUT2D eigenvalue weighted by atomic mass is 16.5. The van der Waals surface area contributed by atoms with E-state index < -0.39 is 0 Å². The zero-order valence-electron chi connectivity index (χ0n) is 28.1. The smallest absolute Gasteiger partial charge is 0.129 e. The van der Waals surface area contributed by atoms with E-state index in [-0.39, 0.29) is 5.41 Å². The van der Waals surface area contributed by atoms with Gasteiger partial charge >= 0.3 is 0 Å². The van der Waals surface area contributed by atoms with Crippen LogP contribution in [0.5, 0.6) is 0 Å². The Morgan fingerprint density at radius 1 is 1.05 bits per heavy atom. The Kier molecular flexibility index (Phi) is 21.0. The molecule has 42 heavy (non-hydrogen) atoms. The van der Waals surface area contributed by atoms with E-state index in [1.807, 2.05) is 58.9 Å². The largest absolute Gasteiger partial charge is 0.397 e. The lowest BCUT2D eigenvalue weighted by atomic mass is 9.85. The van der Waals surface area contributed by atoms with Gasteiger partial charge < -0.3 is 26.3 Å². The van der Waals surface area contributed by atoms with Gasteiger partial charge in [0.05, 0.1) is 31.1 Å². The molecule has 0 aliphatic heterocycles. The van der Waals surface area contributed by atoms with Crippen LogP contribution in [0.1, 0.15) is 85.1 Å². The Balaban J connectivity index is 0.00000402. The Morgan fingerprint density at radius 3 is 2.29 bits per heavy atom. The van der Waals surface area contributed by atoms with Crippen molar-refractivity contribution in [2.75, 3.05) is 45.3 Å². The van der Waals surface area contributed by atoms with Crippen LogP contribution in [0.4, 0.5) is 5.69 Å². The van der Waals surface area contributed by atoms with E-state index in [4.69, 9.17) is 25.9 Å². The quantitative estimate of drug-likeness (QED) is 0.0869. The predicted molar refractivity (Wildman–Crippen MR) is 183 cm³/mol. The molecule has 2 rings (SSSR count).